The third-order valence-electron chi connectivity index (χ3n) is 2.20. The predicted octanol–water partition coefficient (Wildman–Crippen LogP) is 3.36. The predicted molar refractivity (Wildman–Crippen MR) is 65.4 cm³/mol. The maximum Gasteiger partial charge on any atom is 0.160 e. The molecular weight excluding hydrogens is 204 g/mol. The summed E-state index contributed by atoms with van der Waals surface area (Å²) >= 11 is 1.84. The number of nitrogens with zero attached hydrogens (tertiary/aromatic N) is 2. The largest absolute Gasteiger partial charge is 0.233 e. The van der Waals surface area contributed by atoms with Crippen LogP contribution >= 0.6 is 11.8 Å². The molecule has 0 unspecified atom stereocenters. The van der Waals surface area contributed by atoms with Crippen LogP contribution in [0.1, 0.15) is 18.3 Å². The van der Waals surface area contributed by atoms with Crippen molar-refractivity contribution < 1.29 is 0 Å². The molecule has 0 saturated heterocycles. The Balaban J connectivity index is 2.68. The van der Waals surface area contributed by atoms with Gasteiger partial charge in [-0.2, -0.15) is 0 Å². The van der Waals surface area contributed by atoms with Gasteiger partial charge >= 0.3 is 0 Å². The van der Waals surface area contributed by atoms with E-state index in [0.717, 1.165) is 28.2 Å². The van der Waals surface area contributed by atoms with Crippen LogP contribution in [-0.2, 0) is 0 Å². The third kappa shape index (κ3) is 2.12. The summed E-state index contributed by atoms with van der Waals surface area (Å²) in [7, 11) is 0. The number of hydrogen-bond donors (Lipinski definition) is 0. The lowest BCUT2D eigenvalue weighted by atomic mass is 10.2. The molecule has 0 radical (unpaired) electrons. The van der Waals surface area contributed by atoms with Gasteiger partial charge in [-0.15, -0.1) is 11.8 Å². The molecule has 78 valence electrons. The molecule has 2 rings (SSSR count). The van der Waals surface area contributed by atoms with E-state index in [1.807, 2.05) is 31.7 Å². The van der Waals surface area contributed by atoms with Crippen LogP contribution in [-0.4, -0.2) is 15.7 Å². The Hall–Kier alpha value is -1.09. The molecule has 15 heavy (non-hydrogen) atoms. The SMILES string of the molecule is CCSc1cc(C)nc2nc(C)ccc12. The summed E-state index contributed by atoms with van der Waals surface area (Å²) in [4.78, 5) is 10.2. The molecule has 0 fully saturated rings. The van der Waals surface area contributed by atoms with E-state index >= 15 is 0 Å². The van der Waals surface area contributed by atoms with Crippen LogP contribution in [0.5, 0.6) is 0 Å². The standard InChI is InChI=1S/C12H14N2S/c1-4-15-11-7-9(3)14-12-10(11)6-5-8(2)13-12/h5-7H,4H2,1-3H3. The molecule has 0 aliphatic heterocycles. The van der Waals surface area contributed by atoms with Crippen LogP contribution in [0.15, 0.2) is 23.1 Å². The molecule has 2 nitrogen and oxygen atoms in total. The molecule has 0 bridgehead atoms. The van der Waals surface area contributed by atoms with E-state index in [1.54, 1.807) is 0 Å². The van der Waals surface area contributed by atoms with Gasteiger partial charge in [0.25, 0.3) is 0 Å². The number of aryl methyl sites for hydroxylation is 2. The average Bonchev–Trinajstić information content (AvgIpc) is 2.17. The third-order valence-corrected chi connectivity index (χ3v) is 3.14. The fourth-order valence-corrected chi connectivity index (χ4v) is 2.44. The lowest BCUT2D eigenvalue weighted by Gasteiger charge is -2.06. The van der Waals surface area contributed by atoms with E-state index in [0.29, 0.717) is 0 Å². The first kappa shape index (κ1) is 10.4. The number of thioether (sulfide) groups is 1. The van der Waals surface area contributed by atoms with Gasteiger partial charge in [0, 0.05) is 21.7 Å². The van der Waals surface area contributed by atoms with E-state index in [4.69, 9.17) is 0 Å². The van der Waals surface area contributed by atoms with Crippen molar-refractivity contribution in [3.05, 3.63) is 29.6 Å². The van der Waals surface area contributed by atoms with E-state index < -0.39 is 0 Å². The zero-order chi connectivity index (χ0) is 10.8. The number of hydrogen-bond acceptors (Lipinski definition) is 3. The summed E-state index contributed by atoms with van der Waals surface area (Å²) in [5.41, 5.74) is 2.93. The molecule has 2 aromatic heterocycles. The topological polar surface area (TPSA) is 25.8 Å². The summed E-state index contributed by atoms with van der Waals surface area (Å²) in [6, 6.07) is 6.29. The highest BCUT2D eigenvalue weighted by Gasteiger charge is 2.04. The molecule has 0 N–H and O–H groups in total. The highest BCUT2D eigenvalue weighted by Crippen LogP contribution is 2.26. The fraction of sp³-hybridized carbons (Fsp3) is 0.333. The van der Waals surface area contributed by atoms with Crippen molar-refractivity contribution in [2.24, 2.45) is 0 Å². The van der Waals surface area contributed by atoms with Gasteiger partial charge in [0.1, 0.15) is 0 Å². The summed E-state index contributed by atoms with van der Waals surface area (Å²) in [6.07, 6.45) is 0. The van der Waals surface area contributed by atoms with Crippen molar-refractivity contribution in [1.82, 2.24) is 9.97 Å². The smallest absolute Gasteiger partial charge is 0.160 e. The van der Waals surface area contributed by atoms with Gasteiger partial charge in [-0.25, -0.2) is 9.97 Å². The summed E-state index contributed by atoms with van der Waals surface area (Å²) in [5, 5.41) is 1.16. The van der Waals surface area contributed by atoms with Gasteiger partial charge < -0.3 is 0 Å². The zero-order valence-electron chi connectivity index (χ0n) is 9.24. The van der Waals surface area contributed by atoms with Crippen molar-refractivity contribution >= 4 is 22.8 Å². The minimum absolute atomic E-state index is 0.867. The Morgan fingerprint density at radius 2 is 1.87 bits per heavy atom. The fourth-order valence-electron chi connectivity index (χ4n) is 1.56. The first-order valence-electron chi connectivity index (χ1n) is 5.08. The maximum atomic E-state index is 4.45. The van der Waals surface area contributed by atoms with Crippen molar-refractivity contribution in [3.63, 3.8) is 0 Å². The second kappa shape index (κ2) is 4.19. The van der Waals surface area contributed by atoms with Crippen LogP contribution < -0.4 is 0 Å². The van der Waals surface area contributed by atoms with E-state index in [9.17, 15) is 0 Å². The maximum absolute atomic E-state index is 4.45. The van der Waals surface area contributed by atoms with E-state index in [2.05, 4.69) is 29.0 Å². The molecule has 2 heterocycles. The van der Waals surface area contributed by atoms with E-state index in [-0.39, 0.29) is 0 Å². The molecule has 0 aliphatic rings. The van der Waals surface area contributed by atoms with E-state index in [1.165, 1.54) is 4.90 Å². The highest BCUT2D eigenvalue weighted by molar-refractivity contribution is 7.99. The number of aromatic nitrogens is 2. The summed E-state index contributed by atoms with van der Waals surface area (Å²) < 4.78 is 0. The van der Waals surface area contributed by atoms with Gasteiger partial charge in [0.05, 0.1) is 0 Å². The van der Waals surface area contributed by atoms with Gasteiger partial charge in [-0.05, 0) is 37.8 Å². The minimum Gasteiger partial charge on any atom is -0.233 e. The summed E-state index contributed by atoms with van der Waals surface area (Å²) in [6.45, 7) is 6.17. The second-order valence-corrected chi connectivity index (χ2v) is 4.82. The number of rotatable bonds is 2. The van der Waals surface area contributed by atoms with Gasteiger partial charge in [0.15, 0.2) is 5.65 Å². The van der Waals surface area contributed by atoms with Crippen molar-refractivity contribution in [2.75, 3.05) is 5.75 Å². The Morgan fingerprint density at radius 3 is 2.60 bits per heavy atom. The second-order valence-electron chi connectivity index (χ2n) is 3.52. The van der Waals surface area contributed by atoms with Crippen molar-refractivity contribution in [2.45, 2.75) is 25.7 Å². The molecule has 0 aromatic carbocycles. The van der Waals surface area contributed by atoms with Crippen LogP contribution in [0.25, 0.3) is 11.0 Å². The van der Waals surface area contributed by atoms with Crippen LogP contribution in [0, 0.1) is 13.8 Å². The van der Waals surface area contributed by atoms with Crippen molar-refractivity contribution in [1.29, 1.82) is 0 Å². The normalized spacial score (nSPS) is 10.9. The lowest BCUT2D eigenvalue weighted by molar-refractivity contribution is 1.14. The monoisotopic (exact) mass is 218 g/mol. The number of pyridine rings is 2. The molecular formula is C12H14N2S. The first-order chi connectivity index (χ1) is 7.20. The Bertz CT molecular complexity index is 489. The molecule has 3 heteroatoms. The van der Waals surface area contributed by atoms with Crippen molar-refractivity contribution in [3.8, 4) is 0 Å². The average molecular weight is 218 g/mol. The molecule has 0 aliphatic carbocycles. The molecule has 0 spiro atoms. The summed E-state index contributed by atoms with van der Waals surface area (Å²) in [5.74, 6) is 1.08. The van der Waals surface area contributed by atoms with Gasteiger partial charge in [0.2, 0.25) is 0 Å². The Kier molecular flexibility index (Phi) is 2.91. The van der Waals surface area contributed by atoms with Crippen LogP contribution in [0.3, 0.4) is 0 Å². The van der Waals surface area contributed by atoms with Gasteiger partial charge in [-0.3, -0.25) is 0 Å². The lowest BCUT2D eigenvalue weighted by Crippen LogP contribution is -1.91. The molecule has 0 amide bonds. The highest BCUT2D eigenvalue weighted by atomic mass is 32.2. The Morgan fingerprint density at radius 1 is 1.13 bits per heavy atom. The van der Waals surface area contributed by atoms with Gasteiger partial charge in [-0.1, -0.05) is 6.92 Å². The minimum atomic E-state index is 0.867. The molecule has 0 atom stereocenters. The first-order valence-corrected chi connectivity index (χ1v) is 6.07. The zero-order valence-corrected chi connectivity index (χ0v) is 10.1. The van der Waals surface area contributed by atoms with Crippen LogP contribution in [0.2, 0.25) is 0 Å². The number of fused-ring (bicyclic) bond motifs is 1. The van der Waals surface area contributed by atoms with Crippen LogP contribution in [0.4, 0.5) is 0 Å². The molecule has 0 saturated carbocycles. The Labute approximate surface area is 94.1 Å². The quantitative estimate of drug-likeness (QED) is 0.723. The molecule has 2 aromatic rings.